The Morgan fingerprint density at radius 1 is 1.55 bits per heavy atom. The number of nitrogens with zero attached hydrogens (tertiary/aromatic N) is 2. The third kappa shape index (κ3) is 2.87. The molecule has 20 heavy (non-hydrogen) atoms. The first-order valence-electron chi connectivity index (χ1n) is 6.44. The number of hydrogen-bond acceptors (Lipinski definition) is 4. The summed E-state index contributed by atoms with van der Waals surface area (Å²) in [4.78, 5) is 11.2. The van der Waals surface area contributed by atoms with E-state index in [0.29, 0.717) is 13.1 Å². The molecule has 1 saturated carbocycles. The number of hydrogen-bond donors (Lipinski definition) is 2. The number of carboxylic acids is 1. The first-order valence-corrected chi connectivity index (χ1v) is 7.88. The predicted octanol–water partition coefficient (Wildman–Crippen LogP) is 0.361. The van der Waals surface area contributed by atoms with Crippen molar-refractivity contribution < 1.29 is 18.3 Å². The highest BCUT2D eigenvalue weighted by Gasteiger charge is 2.31. The highest BCUT2D eigenvalue weighted by atomic mass is 32.2. The topological polar surface area (TPSA) is 91.6 Å². The van der Waals surface area contributed by atoms with Crippen LogP contribution >= 0.6 is 0 Å². The standard InChI is InChI=1S/C12H19N3O4S/c1-13-5-6-14(2)20(18,19)10-7-11(12(16)17)15(8-10)9-3-4-9/h7-9,13H,3-6H2,1-2H3,(H,16,17). The van der Waals surface area contributed by atoms with Gasteiger partial charge < -0.3 is 15.0 Å². The lowest BCUT2D eigenvalue weighted by atomic mass is 10.4. The Morgan fingerprint density at radius 3 is 2.70 bits per heavy atom. The van der Waals surface area contributed by atoms with Gasteiger partial charge in [-0.2, -0.15) is 4.31 Å². The van der Waals surface area contributed by atoms with E-state index in [1.54, 1.807) is 11.6 Å². The molecule has 2 rings (SSSR count). The average molecular weight is 301 g/mol. The van der Waals surface area contributed by atoms with E-state index in [4.69, 9.17) is 5.11 Å². The largest absolute Gasteiger partial charge is 0.477 e. The highest BCUT2D eigenvalue weighted by Crippen LogP contribution is 2.37. The van der Waals surface area contributed by atoms with Crippen LogP contribution in [-0.4, -0.2) is 55.6 Å². The van der Waals surface area contributed by atoms with Crippen molar-refractivity contribution >= 4 is 16.0 Å². The predicted molar refractivity (Wildman–Crippen MR) is 73.4 cm³/mol. The number of aromatic carboxylic acids is 1. The van der Waals surface area contributed by atoms with E-state index < -0.39 is 16.0 Å². The van der Waals surface area contributed by atoms with Crippen LogP contribution in [0.25, 0.3) is 0 Å². The maximum absolute atomic E-state index is 12.4. The molecule has 0 bridgehead atoms. The van der Waals surface area contributed by atoms with Crippen LogP contribution in [0.5, 0.6) is 0 Å². The Hall–Kier alpha value is -1.38. The lowest BCUT2D eigenvalue weighted by molar-refractivity contribution is 0.0685. The summed E-state index contributed by atoms with van der Waals surface area (Å²) in [6, 6.07) is 1.36. The van der Waals surface area contributed by atoms with Crippen molar-refractivity contribution in [3.8, 4) is 0 Å². The minimum atomic E-state index is -3.64. The Labute approximate surface area is 118 Å². The van der Waals surface area contributed by atoms with Gasteiger partial charge in [0.1, 0.15) is 10.6 Å². The summed E-state index contributed by atoms with van der Waals surface area (Å²) in [5.74, 6) is -1.10. The van der Waals surface area contributed by atoms with Crippen LogP contribution in [0.1, 0.15) is 29.4 Å². The highest BCUT2D eigenvalue weighted by molar-refractivity contribution is 7.89. The quantitative estimate of drug-likeness (QED) is 0.759. The second-order valence-corrected chi connectivity index (χ2v) is 6.98. The van der Waals surface area contributed by atoms with Gasteiger partial charge in [0.25, 0.3) is 0 Å². The number of carboxylic acid groups (broad SMARTS) is 1. The zero-order valence-electron chi connectivity index (χ0n) is 11.5. The van der Waals surface area contributed by atoms with Gasteiger partial charge in [-0.05, 0) is 26.0 Å². The van der Waals surface area contributed by atoms with Gasteiger partial charge in [0.2, 0.25) is 10.0 Å². The molecule has 1 fully saturated rings. The van der Waals surface area contributed by atoms with Gasteiger partial charge in [-0.15, -0.1) is 0 Å². The van der Waals surface area contributed by atoms with Gasteiger partial charge in [-0.25, -0.2) is 13.2 Å². The lowest BCUT2D eigenvalue weighted by Gasteiger charge is -2.15. The Bertz CT molecular complexity index is 604. The molecule has 7 nitrogen and oxygen atoms in total. The van der Waals surface area contributed by atoms with Crippen LogP contribution in [0, 0.1) is 0 Å². The van der Waals surface area contributed by atoms with Crippen LogP contribution in [-0.2, 0) is 10.0 Å². The third-order valence-electron chi connectivity index (χ3n) is 3.37. The molecule has 1 aliphatic rings. The van der Waals surface area contributed by atoms with Gasteiger partial charge in [-0.3, -0.25) is 0 Å². The molecule has 0 aliphatic heterocycles. The van der Waals surface area contributed by atoms with Crippen molar-refractivity contribution in [2.45, 2.75) is 23.8 Å². The maximum Gasteiger partial charge on any atom is 0.352 e. The van der Waals surface area contributed by atoms with E-state index >= 15 is 0 Å². The summed E-state index contributed by atoms with van der Waals surface area (Å²) in [5, 5.41) is 12.0. The normalized spacial score (nSPS) is 15.8. The van der Waals surface area contributed by atoms with Crippen molar-refractivity contribution in [2.75, 3.05) is 27.2 Å². The number of nitrogens with one attached hydrogen (secondary N) is 1. The van der Waals surface area contributed by atoms with E-state index in [9.17, 15) is 13.2 Å². The monoisotopic (exact) mass is 301 g/mol. The summed E-state index contributed by atoms with van der Waals surface area (Å²) in [6.07, 6.45) is 3.22. The summed E-state index contributed by atoms with van der Waals surface area (Å²) in [7, 11) is -0.413. The number of sulfonamides is 1. The molecule has 0 radical (unpaired) electrons. The molecule has 1 aromatic rings. The maximum atomic E-state index is 12.4. The number of likely N-dealkylation sites (N-methyl/N-ethyl adjacent to an activating group) is 2. The molecule has 1 aromatic heterocycles. The van der Waals surface area contributed by atoms with Crippen LogP contribution in [0.15, 0.2) is 17.2 Å². The Morgan fingerprint density at radius 2 is 2.20 bits per heavy atom. The minimum Gasteiger partial charge on any atom is -0.477 e. The number of carbonyl (C=O) groups is 1. The molecule has 2 N–H and O–H groups in total. The lowest BCUT2D eigenvalue weighted by Crippen LogP contribution is -2.32. The molecule has 0 unspecified atom stereocenters. The number of rotatable bonds is 7. The fourth-order valence-corrected chi connectivity index (χ4v) is 3.19. The third-order valence-corrected chi connectivity index (χ3v) is 5.19. The van der Waals surface area contributed by atoms with Crippen LogP contribution in [0.4, 0.5) is 0 Å². The second kappa shape index (κ2) is 5.55. The van der Waals surface area contributed by atoms with Gasteiger partial charge in [-0.1, -0.05) is 0 Å². The van der Waals surface area contributed by atoms with E-state index in [0.717, 1.165) is 12.8 Å². The molecule has 0 aromatic carbocycles. The van der Waals surface area contributed by atoms with Crippen LogP contribution in [0.3, 0.4) is 0 Å². The number of aromatic nitrogens is 1. The summed E-state index contributed by atoms with van der Waals surface area (Å²) < 4.78 is 27.5. The molecule has 8 heteroatoms. The average Bonchev–Trinajstić information content (AvgIpc) is 3.13. The van der Waals surface area contributed by atoms with Crippen LogP contribution in [0.2, 0.25) is 0 Å². The molecule has 1 heterocycles. The fourth-order valence-electron chi connectivity index (χ4n) is 1.99. The van der Waals surface area contributed by atoms with Crippen molar-refractivity contribution in [2.24, 2.45) is 0 Å². The Kier molecular flexibility index (Phi) is 4.17. The first kappa shape index (κ1) is 15.0. The van der Waals surface area contributed by atoms with E-state index in [1.165, 1.54) is 23.6 Å². The van der Waals surface area contributed by atoms with E-state index in [-0.39, 0.29) is 16.6 Å². The second-order valence-electron chi connectivity index (χ2n) is 4.93. The molecule has 0 atom stereocenters. The zero-order valence-corrected chi connectivity index (χ0v) is 12.4. The van der Waals surface area contributed by atoms with Gasteiger partial charge >= 0.3 is 5.97 Å². The molecule has 1 aliphatic carbocycles. The van der Waals surface area contributed by atoms with Crippen molar-refractivity contribution in [3.63, 3.8) is 0 Å². The van der Waals surface area contributed by atoms with Gasteiger partial charge in [0, 0.05) is 32.4 Å². The van der Waals surface area contributed by atoms with Crippen molar-refractivity contribution in [1.82, 2.24) is 14.2 Å². The molecular weight excluding hydrogens is 282 g/mol. The van der Waals surface area contributed by atoms with E-state index in [1.807, 2.05) is 0 Å². The molecule has 0 saturated heterocycles. The van der Waals surface area contributed by atoms with Gasteiger partial charge in [0.15, 0.2) is 0 Å². The molecule has 0 amide bonds. The minimum absolute atomic E-state index is 0.0353. The van der Waals surface area contributed by atoms with Crippen LogP contribution < -0.4 is 5.32 Å². The molecule has 112 valence electrons. The zero-order chi connectivity index (χ0) is 14.9. The van der Waals surface area contributed by atoms with E-state index in [2.05, 4.69) is 5.32 Å². The molecular formula is C12H19N3O4S. The summed E-state index contributed by atoms with van der Waals surface area (Å²) in [5.41, 5.74) is 0.0353. The summed E-state index contributed by atoms with van der Waals surface area (Å²) >= 11 is 0. The van der Waals surface area contributed by atoms with Gasteiger partial charge in [0.05, 0.1) is 0 Å². The fraction of sp³-hybridized carbons (Fsp3) is 0.583. The van der Waals surface area contributed by atoms with Crippen molar-refractivity contribution in [1.29, 1.82) is 0 Å². The van der Waals surface area contributed by atoms with Crippen molar-refractivity contribution in [3.05, 3.63) is 18.0 Å². The SMILES string of the molecule is CNCCN(C)S(=O)(=O)c1cc(C(=O)O)n(C2CC2)c1. The Balaban J connectivity index is 2.32. The smallest absolute Gasteiger partial charge is 0.352 e. The molecule has 0 spiro atoms. The summed E-state index contributed by atoms with van der Waals surface area (Å²) in [6.45, 7) is 0.862. The first-order chi connectivity index (χ1) is 9.37.